The maximum Gasteiger partial charge on any atom is 0.255 e. The van der Waals surface area contributed by atoms with Crippen molar-refractivity contribution in [3.63, 3.8) is 0 Å². The number of nitrogens with two attached hydrogens (primary N) is 1. The van der Waals surface area contributed by atoms with Crippen molar-refractivity contribution in [2.75, 3.05) is 11.9 Å². The molecule has 0 radical (unpaired) electrons. The first-order chi connectivity index (χ1) is 12.2. The van der Waals surface area contributed by atoms with Crippen molar-refractivity contribution in [1.82, 2.24) is 14.6 Å². The number of nitrogens with zero attached hydrogens (tertiary/aromatic N) is 3. The third-order valence-corrected chi connectivity index (χ3v) is 4.85. The third-order valence-electron chi connectivity index (χ3n) is 4.85. The fraction of sp³-hybridized carbons (Fsp3) is 0.316. The van der Waals surface area contributed by atoms with E-state index in [1.54, 1.807) is 4.52 Å². The highest BCUT2D eigenvalue weighted by Crippen LogP contribution is 2.31. The summed E-state index contributed by atoms with van der Waals surface area (Å²) in [5.41, 5.74) is 10.4. The molecule has 128 valence electrons. The minimum atomic E-state index is -0.141. The summed E-state index contributed by atoms with van der Waals surface area (Å²) in [6, 6.07) is 9.63. The second-order valence-electron chi connectivity index (χ2n) is 6.54. The van der Waals surface area contributed by atoms with Gasteiger partial charge >= 0.3 is 0 Å². The molecule has 2 aromatic heterocycles. The van der Waals surface area contributed by atoms with Crippen LogP contribution in [-0.4, -0.2) is 27.0 Å². The molecule has 6 nitrogen and oxygen atoms in total. The van der Waals surface area contributed by atoms with E-state index >= 15 is 0 Å². The lowest BCUT2D eigenvalue weighted by molar-refractivity contribution is 0.102. The second kappa shape index (κ2) is 6.29. The molecule has 4 rings (SSSR count). The van der Waals surface area contributed by atoms with Crippen molar-refractivity contribution < 1.29 is 4.79 Å². The Morgan fingerprint density at radius 1 is 1.40 bits per heavy atom. The molecule has 1 aromatic carbocycles. The van der Waals surface area contributed by atoms with Crippen LogP contribution >= 0.6 is 0 Å². The number of amides is 1. The number of aryl methyl sites for hydroxylation is 2. The van der Waals surface area contributed by atoms with Gasteiger partial charge in [0.05, 0.1) is 5.69 Å². The van der Waals surface area contributed by atoms with Crippen LogP contribution in [0.2, 0.25) is 0 Å². The first-order valence-electron chi connectivity index (χ1n) is 8.62. The number of hydrogen-bond donors (Lipinski definition) is 2. The number of fused-ring (bicyclic) bond motifs is 2. The summed E-state index contributed by atoms with van der Waals surface area (Å²) in [6.45, 7) is 2.45. The smallest absolute Gasteiger partial charge is 0.255 e. The lowest BCUT2D eigenvalue weighted by Gasteiger charge is -2.24. The monoisotopic (exact) mass is 335 g/mol. The molecule has 1 atom stereocenters. The molecular formula is C19H21N5O. The molecule has 0 aliphatic heterocycles. The van der Waals surface area contributed by atoms with Crippen LogP contribution in [0.4, 0.5) is 5.69 Å². The van der Waals surface area contributed by atoms with Gasteiger partial charge in [-0.2, -0.15) is 5.10 Å². The maximum atomic E-state index is 12.7. The van der Waals surface area contributed by atoms with Crippen LogP contribution in [0.1, 0.15) is 46.1 Å². The normalized spacial score (nSPS) is 16.6. The van der Waals surface area contributed by atoms with Crippen LogP contribution in [0.25, 0.3) is 5.65 Å². The van der Waals surface area contributed by atoms with E-state index in [0.29, 0.717) is 35.2 Å². The molecule has 2 heterocycles. The van der Waals surface area contributed by atoms with Crippen LogP contribution in [0, 0.1) is 6.92 Å². The Hall–Kier alpha value is -2.73. The number of anilines is 1. The van der Waals surface area contributed by atoms with E-state index in [-0.39, 0.29) is 5.91 Å². The van der Waals surface area contributed by atoms with E-state index in [1.165, 1.54) is 11.1 Å². The first kappa shape index (κ1) is 15.8. The Morgan fingerprint density at radius 3 is 3.12 bits per heavy atom. The molecule has 0 spiro atoms. The van der Waals surface area contributed by atoms with Crippen LogP contribution in [-0.2, 0) is 6.42 Å². The lowest BCUT2D eigenvalue weighted by Crippen LogP contribution is -2.20. The average Bonchev–Trinajstić information content (AvgIpc) is 3.02. The van der Waals surface area contributed by atoms with Crippen molar-refractivity contribution in [3.8, 4) is 0 Å². The van der Waals surface area contributed by atoms with Crippen molar-refractivity contribution in [3.05, 3.63) is 59.0 Å². The van der Waals surface area contributed by atoms with Crippen molar-refractivity contribution in [1.29, 1.82) is 0 Å². The van der Waals surface area contributed by atoms with Crippen molar-refractivity contribution in [2.45, 2.75) is 32.1 Å². The molecule has 1 aliphatic carbocycles. The Morgan fingerprint density at radius 2 is 2.28 bits per heavy atom. The zero-order chi connectivity index (χ0) is 17.4. The Kier molecular flexibility index (Phi) is 3.97. The fourth-order valence-corrected chi connectivity index (χ4v) is 3.59. The predicted octanol–water partition coefficient (Wildman–Crippen LogP) is 2.67. The quantitative estimate of drug-likeness (QED) is 0.770. The fourth-order valence-electron chi connectivity index (χ4n) is 3.59. The maximum absolute atomic E-state index is 12.7. The summed E-state index contributed by atoms with van der Waals surface area (Å²) in [6.07, 6.45) is 5.13. The first-order valence-corrected chi connectivity index (χ1v) is 8.62. The largest absolute Gasteiger partial charge is 0.330 e. The lowest BCUT2D eigenvalue weighted by atomic mass is 9.82. The standard InChI is InChI=1S/C19H21N5O/c1-12-21-18-17(6-3-9-24(18)23-12)22-19(25)14-8-7-13-4-2-5-15(11-20)16(13)10-14/h3,6-10,15H,2,4-5,11,20H2,1H3,(H,22,25). The SMILES string of the molecule is Cc1nc2c(NC(=O)c3ccc4c(c3)C(CN)CCC4)cccn2n1. The van der Waals surface area contributed by atoms with Crippen LogP contribution < -0.4 is 11.1 Å². The number of carbonyl (C=O) groups excluding carboxylic acids is 1. The molecule has 3 aromatic rings. The van der Waals surface area contributed by atoms with E-state index < -0.39 is 0 Å². The molecule has 0 saturated carbocycles. The molecule has 6 heteroatoms. The van der Waals surface area contributed by atoms with Gasteiger partial charge in [-0.1, -0.05) is 6.07 Å². The summed E-state index contributed by atoms with van der Waals surface area (Å²) >= 11 is 0. The molecule has 1 aliphatic rings. The van der Waals surface area contributed by atoms with Crippen molar-refractivity contribution in [2.24, 2.45) is 5.73 Å². The Labute approximate surface area is 146 Å². The number of pyridine rings is 1. The summed E-state index contributed by atoms with van der Waals surface area (Å²) < 4.78 is 1.67. The number of carbonyl (C=O) groups is 1. The van der Waals surface area contributed by atoms with Gasteiger partial charge in [-0.3, -0.25) is 4.79 Å². The average molecular weight is 335 g/mol. The van der Waals surface area contributed by atoms with Gasteiger partial charge in [0.2, 0.25) is 0 Å². The van der Waals surface area contributed by atoms with E-state index in [2.05, 4.69) is 21.5 Å². The molecule has 0 fully saturated rings. The molecular weight excluding hydrogens is 314 g/mol. The molecule has 0 saturated heterocycles. The molecule has 3 N–H and O–H groups in total. The minimum absolute atomic E-state index is 0.141. The van der Waals surface area contributed by atoms with Gasteiger partial charge in [-0.25, -0.2) is 9.50 Å². The van der Waals surface area contributed by atoms with Gasteiger partial charge in [-0.15, -0.1) is 0 Å². The van der Waals surface area contributed by atoms with Gasteiger partial charge in [0.1, 0.15) is 5.82 Å². The van der Waals surface area contributed by atoms with Gasteiger partial charge in [0.25, 0.3) is 5.91 Å². The zero-order valence-electron chi connectivity index (χ0n) is 14.2. The molecule has 25 heavy (non-hydrogen) atoms. The summed E-state index contributed by atoms with van der Waals surface area (Å²) in [5.74, 6) is 0.873. The second-order valence-corrected chi connectivity index (χ2v) is 6.54. The number of rotatable bonds is 3. The van der Waals surface area contributed by atoms with Crippen LogP contribution in [0.5, 0.6) is 0 Å². The minimum Gasteiger partial charge on any atom is -0.330 e. The summed E-state index contributed by atoms with van der Waals surface area (Å²) in [7, 11) is 0. The van der Waals surface area contributed by atoms with Gasteiger partial charge in [0, 0.05) is 11.8 Å². The Balaban J connectivity index is 1.65. The Bertz CT molecular complexity index is 946. The number of hydrogen-bond acceptors (Lipinski definition) is 4. The molecule has 0 bridgehead atoms. The highest BCUT2D eigenvalue weighted by molar-refractivity contribution is 6.06. The number of aromatic nitrogens is 3. The highest BCUT2D eigenvalue weighted by Gasteiger charge is 2.21. The highest BCUT2D eigenvalue weighted by atomic mass is 16.1. The molecule has 1 amide bonds. The van der Waals surface area contributed by atoms with Gasteiger partial charge in [0.15, 0.2) is 5.65 Å². The predicted molar refractivity (Wildman–Crippen MR) is 96.9 cm³/mol. The van der Waals surface area contributed by atoms with Gasteiger partial charge in [-0.05, 0) is 74.0 Å². The van der Waals surface area contributed by atoms with E-state index in [4.69, 9.17) is 5.73 Å². The van der Waals surface area contributed by atoms with Crippen LogP contribution in [0.15, 0.2) is 36.5 Å². The number of benzene rings is 1. The van der Waals surface area contributed by atoms with Gasteiger partial charge < -0.3 is 11.1 Å². The zero-order valence-corrected chi connectivity index (χ0v) is 14.2. The summed E-state index contributed by atoms with van der Waals surface area (Å²) in [5, 5.41) is 7.23. The van der Waals surface area contributed by atoms with E-state index in [1.807, 2.05) is 37.4 Å². The van der Waals surface area contributed by atoms with E-state index in [9.17, 15) is 4.79 Å². The third kappa shape index (κ3) is 2.89. The molecule has 1 unspecified atom stereocenters. The van der Waals surface area contributed by atoms with Crippen molar-refractivity contribution >= 4 is 17.2 Å². The van der Waals surface area contributed by atoms with E-state index in [0.717, 1.165) is 19.3 Å². The topological polar surface area (TPSA) is 85.3 Å². The van der Waals surface area contributed by atoms with Crippen LogP contribution in [0.3, 0.4) is 0 Å². The number of nitrogens with one attached hydrogen (secondary N) is 1. The summed E-state index contributed by atoms with van der Waals surface area (Å²) in [4.78, 5) is 17.1.